The summed E-state index contributed by atoms with van der Waals surface area (Å²) in [4.78, 5) is 13.7. The third kappa shape index (κ3) is 4.88. The van der Waals surface area contributed by atoms with Crippen LogP contribution < -0.4 is 10.6 Å². The fourth-order valence-electron chi connectivity index (χ4n) is 4.03. The summed E-state index contributed by atoms with van der Waals surface area (Å²) in [7, 11) is 0. The SMILES string of the molecule is CC(C)(F)c1cccc(N(CC2CCC(c3ccccc3)CC2)C(N)=O)c1. The van der Waals surface area contributed by atoms with E-state index in [0.29, 0.717) is 29.6 Å². The van der Waals surface area contributed by atoms with E-state index < -0.39 is 11.7 Å². The van der Waals surface area contributed by atoms with Crippen molar-refractivity contribution in [3.05, 3.63) is 65.7 Å². The number of anilines is 1. The van der Waals surface area contributed by atoms with Gasteiger partial charge < -0.3 is 5.73 Å². The molecule has 2 aromatic carbocycles. The van der Waals surface area contributed by atoms with Crippen molar-refractivity contribution in [1.82, 2.24) is 0 Å². The van der Waals surface area contributed by atoms with Gasteiger partial charge in [-0.2, -0.15) is 0 Å². The second-order valence-corrected chi connectivity index (χ2v) is 8.10. The molecule has 0 spiro atoms. The molecule has 2 aromatic rings. The standard InChI is InChI=1S/C23H29FN2O/c1-23(2,24)20-9-6-10-21(15-20)26(22(25)27)16-17-11-13-19(14-12-17)18-7-4-3-5-8-18/h3-10,15,17,19H,11-14,16H2,1-2H3,(H2,25,27). The number of amides is 2. The van der Waals surface area contributed by atoms with E-state index >= 15 is 0 Å². The van der Waals surface area contributed by atoms with E-state index in [0.717, 1.165) is 25.7 Å². The minimum Gasteiger partial charge on any atom is -0.351 e. The molecule has 3 rings (SSSR count). The lowest BCUT2D eigenvalue weighted by atomic mass is 9.78. The lowest BCUT2D eigenvalue weighted by molar-refractivity contribution is 0.221. The molecule has 0 unspecified atom stereocenters. The Morgan fingerprint density at radius 2 is 1.74 bits per heavy atom. The third-order valence-electron chi connectivity index (χ3n) is 5.67. The average molecular weight is 368 g/mol. The molecule has 3 nitrogen and oxygen atoms in total. The molecular formula is C23H29FN2O. The van der Waals surface area contributed by atoms with Gasteiger partial charge in [-0.15, -0.1) is 0 Å². The summed E-state index contributed by atoms with van der Waals surface area (Å²) in [6.45, 7) is 3.63. The first-order valence-electron chi connectivity index (χ1n) is 9.76. The van der Waals surface area contributed by atoms with Crippen molar-refractivity contribution in [1.29, 1.82) is 0 Å². The van der Waals surface area contributed by atoms with E-state index in [9.17, 15) is 9.18 Å². The van der Waals surface area contributed by atoms with Crippen molar-refractivity contribution in [2.24, 2.45) is 11.7 Å². The van der Waals surface area contributed by atoms with E-state index in [1.807, 2.05) is 12.1 Å². The fraction of sp³-hybridized carbons (Fsp3) is 0.435. The molecule has 0 heterocycles. The van der Waals surface area contributed by atoms with E-state index in [1.165, 1.54) is 19.4 Å². The molecule has 2 N–H and O–H groups in total. The summed E-state index contributed by atoms with van der Waals surface area (Å²) >= 11 is 0. The topological polar surface area (TPSA) is 46.3 Å². The maximum Gasteiger partial charge on any atom is 0.319 e. The van der Waals surface area contributed by atoms with Crippen LogP contribution in [-0.4, -0.2) is 12.6 Å². The molecule has 0 saturated heterocycles. The molecule has 1 fully saturated rings. The van der Waals surface area contributed by atoms with Gasteiger partial charge in [-0.3, -0.25) is 4.90 Å². The zero-order valence-corrected chi connectivity index (χ0v) is 16.2. The number of carbonyl (C=O) groups excluding carboxylic acids is 1. The number of halogens is 1. The molecule has 2 amide bonds. The summed E-state index contributed by atoms with van der Waals surface area (Å²) in [6, 6.07) is 17.3. The van der Waals surface area contributed by atoms with Crippen molar-refractivity contribution in [3.8, 4) is 0 Å². The third-order valence-corrected chi connectivity index (χ3v) is 5.67. The number of nitrogens with two attached hydrogens (primary N) is 1. The van der Waals surface area contributed by atoms with E-state index in [4.69, 9.17) is 5.73 Å². The average Bonchev–Trinajstić information content (AvgIpc) is 2.66. The first kappa shape index (κ1) is 19.4. The summed E-state index contributed by atoms with van der Waals surface area (Å²) in [6.07, 6.45) is 4.38. The molecule has 0 radical (unpaired) electrons. The quantitative estimate of drug-likeness (QED) is 0.717. The highest BCUT2D eigenvalue weighted by Crippen LogP contribution is 2.37. The molecule has 27 heavy (non-hydrogen) atoms. The lowest BCUT2D eigenvalue weighted by Gasteiger charge is -2.32. The van der Waals surface area contributed by atoms with Crippen LogP contribution in [0.3, 0.4) is 0 Å². The minimum atomic E-state index is -1.45. The van der Waals surface area contributed by atoms with Crippen molar-refractivity contribution < 1.29 is 9.18 Å². The number of urea groups is 1. The molecule has 0 aromatic heterocycles. The van der Waals surface area contributed by atoms with E-state index in [-0.39, 0.29) is 0 Å². The molecular weight excluding hydrogens is 339 g/mol. The number of alkyl halides is 1. The van der Waals surface area contributed by atoms with Crippen LogP contribution in [0.1, 0.15) is 56.6 Å². The zero-order valence-electron chi connectivity index (χ0n) is 16.2. The van der Waals surface area contributed by atoms with Gasteiger partial charge >= 0.3 is 6.03 Å². The van der Waals surface area contributed by atoms with Crippen molar-refractivity contribution in [2.75, 3.05) is 11.4 Å². The van der Waals surface area contributed by atoms with Gasteiger partial charge in [0, 0.05) is 12.2 Å². The van der Waals surface area contributed by atoms with Crippen molar-refractivity contribution in [3.63, 3.8) is 0 Å². The molecule has 0 atom stereocenters. The summed E-state index contributed by atoms with van der Waals surface area (Å²) in [5.41, 5.74) is 6.84. The van der Waals surface area contributed by atoms with Gasteiger partial charge in [0.1, 0.15) is 5.67 Å². The Hall–Kier alpha value is -2.36. The maximum absolute atomic E-state index is 14.3. The normalized spacial score (nSPS) is 20.3. The fourth-order valence-corrected chi connectivity index (χ4v) is 4.03. The largest absolute Gasteiger partial charge is 0.351 e. The molecule has 0 bridgehead atoms. The molecule has 1 aliphatic carbocycles. The number of rotatable bonds is 5. The molecule has 4 heteroatoms. The molecule has 144 valence electrons. The second-order valence-electron chi connectivity index (χ2n) is 8.10. The van der Waals surface area contributed by atoms with Crippen molar-refractivity contribution >= 4 is 11.7 Å². The highest BCUT2D eigenvalue weighted by Gasteiger charge is 2.26. The summed E-state index contributed by atoms with van der Waals surface area (Å²) in [5, 5.41) is 0. The van der Waals surface area contributed by atoms with Gasteiger partial charge in [-0.05, 0) is 74.6 Å². The smallest absolute Gasteiger partial charge is 0.319 e. The predicted octanol–water partition coefficient (Wildman–Crippen LogP) is 5.75. The van der Waals surface area contributed by atoms with Gasteiger partial charge in [-0.25, -0.2) is 9.18 Å². The molecule has 1 saturated carbocycles. The zero-order chi connectivity index (χ0) is 19.4. The molecule has 1 aliphatic rings. The minimum absolute atomic E-state index is 0.416. The van der Waals surface area contributed by atoms with Crippen LogP contribution in [0.15, 0.2) is 54.6 Å². The number of hydrogen-bond donors (Lipinski definition) is 1. The van der Waals surface area contributed by atoms with Gasteiger partial charge in [0.25, 0.3) is 0 Å². The van der Waals surface area contributed by atoms with E-state index in [1.54, 1.807) is 23.1 Å². The Labute approximate surface area is 161 Å². The first-order valence-corrected chi connectivity index (χ1v) is 9.76. The van der Waals surface area contributed by atoms with Crippen LogP contribution in [0.2, 0.25) is 0 Å². The number of hydrogen-bond acceptors (Lipinski definition) is 1. The lowest BCUT2D eigenvalue weighted by Crippen LogP contribution is -2.40. The van der Waals surface area contributed by atoms with Crippen LogP contribution in [0.5, 0.6) is 0 Å². The van der Waals surface area contributed by atoms with Crippen LogP contribution in [0.4, 0.5) is 14.9 Å². The Morgan fingerprint density at radius 3 is 2.33 bits per heavy atom. The first-order chi connectivity index (χ1) is 12.8. The predicted molar refractivity (Wildman–Crippen MR) is 109 cm³/mol. The Bertz CT molecular complexity index is 761. The highest BCUT2D eigenvalue weighted by atomic mass is 19.1. The van der Waals surface area contributed by atoms with Crippen molar-refractivity contribution in [2.45, 2.75) is 51.1 Å². The number of benzene rings is 2. The Morgan fingerprint density at radius 1 is 1.07 bits per heavy atom. The van der Waals surface area contributed by atoms with Gasteiger partial charge in [0.2, 0.25) is 0 Å². The Kier molecular flexibility index (Phi) is 5.83. The van der Waals surface area contributed by atoms with Crippen LogP contribution >= 0.6 is 0 Å². The number of nitrogens with zero attached hydrogens (tertiary/aromatic N) is 1. The van der Waals surface area contributed by atoms with Crippen LogP contribution in [0, 0.1) is 5.92 Å². The highest BCUT2D eigenvalue weighted by molar-refractivity contribution is 5.90. The monoisotopic (exact) mass is 368 g/mol. The molecule has 0 aliphatic heterocycles. The Balaban J connectivity index is 1.67. The number of primary amides is 1. The summed E-state index contributed by atoms with van der Waals surface area (Å²) in [5.74, 6) is 1.01. The van der Waals surface area contributed by atoms with E-state index in [2.05, 4.69) is 24.3 Å². The van der Waals surface area contributed by atoms with Crippen LogP contribution in [0.25, 0.3) is 0 Å². The second kappa shape index (κ2) is 8.12. The van der Waals surface area contributed by atoms with Gasteiger partial charge in [0.15, 0.2) is 0 Å². The summed E-state index contributed by atoms with van der Waals surface area (Å²) < 4.78 is 14.3. The van der Waals surface area contributed by atoms with Gasteiger partial charge in [0.05, 0.1) is 0 Å². The number of carbonyl (C=O) groups is 1. The van der Waals surface area contributed by atoms with Crippen LogP contribution in [-0.2, 0) is 5.67 Å². The maximum atomic E-state index is 14.3. The van der Waals surface area contributed by atoms with Gasteiger partial charge in [-0.1, -0.05) is 42.5 Å².